The van der Waals surface area contributed by atoms with Gasteiger partial charge >= 0.3 is 5.97 Å². The molecular formula is C14H16ClNO3. The van der Waals surface area contributed by atoms with Crippen LogP contribution in [-0.2, 0) is 4.79 Å². The molecule has 1 heterocycles. The van der Waals surface area contributed by atoms with Gasteiger partial charge in [0, 0.05) is 17.1 Å². The SMILES string of the molecule is CCC(CC(=O)O)c1c[nH]c2cc(Cl)c(OC)cc12. The van der Waals surface area contributed by atoms with E-state index in [0.717, 1.165) is 22.9 Å². The molecule has 0 radical (unpaired) electrons. The smallest absolute Gasteiger partial charge is 0.303 e. The number of carbonyl (C=O) groups is 1. The lowest BCUT2D eigenvalue weighted by Gasteiger charge is -2.12. The summed E-state index contributed by atoms with van der Waals surface area (Å²) >= 11 is 6.07. The highest BCUT2D eigenvalue weighted by Gasteiger charge is 2.18. The second-order valence-corrected chi connectivity index (χ2v) is 4.89. The third-order valence-electron chi connectivity index (χ3n) is 3.34. The van der Waals surface area contributed by atoms with Crippen molar-refractivity contribution in [1.29, 1.82) is 0 Å². The van der Waals surface area contributed by atoms with Gasteiger partial charge in [-0.05, 0) is 30.0 Å². The molecule has 0 fully saturated rings. The second kappa shape index (κ2) is 5.53. The number of nitrogens with one attached hydrogen (secondary N) is 1. The molecular weight excluding hydrogens is 266 g/mol. The molecule has 5 heteroatoms. The predicted octanol–water partition coefficient (Wildman–Crippen LogP) is 3.80. The van der Waals surface area contributed by atoms with Crippen LogP contribution < -0.4 is 4.74 Å². The van der Waals surface area contributed by atoms with Gasteiger partial charge in [0.1, 0.15) is 5.75 Å². The largest absolute Gasteiger partial charge is 0.495 e. The van der Waals surface area contributed by atoms with Gasteiger partial charge in [-0.3, -0.25) is 4.79 Å². The fourth-order valence-corrected chi connectivity index (χ4v) is 2.56. The number of aliphatic carboxylic acids is 1. The zero-order chi connectivity index (χ0) is 14.0. The summed E-state index contributed by atoms with van der Waals surface area (Å²) in [5.74, 6) is -0.209. The minimum absolute atomic E-state index is 0.0165. The summed E-state index contributed by atoms with van der Waals surface area (Å²) in [5, 5.41) is 10.5. The molecule has 0 aliphatic heterocycles. The van der Waals surface area contributed by atoms with Crippen molar-refractivity contribution in [3.05, 3.63) is 28.9 Å². The Balaban J connectivity index is 2.51. The number of fused-ring (bicyclic) bond motifs is 1. The lowest BCUT2D eigenvalue weighted by molar-refractivity contribution is -0.137. The molecule has 2 aromatic rings. The number of aromatic nitrogens is 1. The Morgan fingerprint density at radius 1 is 1.53 bits per heavy atom. The van der Waals surface area contributed by atoms with Crippen LogP contribution in [0.25, 0.3) is 10.9 Å². The lowest BCUT2D eigenvalue weighted by atomic mass is 9.93. The molecule has 0 saturated heterocycles. The van der Waals surface area contributed by atoms with Crippen molar-refractivity contribution < 1.29 is 14.6 Å². The van der Waals surface area contributed by atoms with E-state index < -0.39 is 5.97 Å². The maximum Gasteiger partial charge on any atom is 0.303 e. The fraction of sp³-hybridized carbons (Fsp3) is 0.357. The summed E-state index contributed by atoms with van der Waals surface area (Å²) < 4.78 is 5.21. The summed E-state index contributed by atoms with van der Waals surface area (Å²) in [6.45, 7) is 1.99. The number of hydrogen-bond acceptors (Lipinski definition) is 2. The highest BCUT2D eigenvalue weighted by molar-refractivity contribution is 6.32. The van der Waals surface area contributed by atoms with Crippen LogP contribution >= 0.6 is 11.6 Å². The van der Waals surface area contributed by atoms with E-state index >= 15 is 0 Å². The maximum atomic E-state index is 10.9. The number of benzene rings is 1. The topological polar surface area (TPSA) is 62.3 Å². The molecule has 2 rings (SSSR count). The average Bonchev–Trinajstić information content (AvgIpc) is 2.77. The lowest BCUT2D eigenvalue weighted by Crippen LogP contribution is -2.04. The van der Waals surface area contributed by atoms with Gasteiger partial charge in [0.05, 0.1) is 18.6 Å². The van der Waals surface area contributed by atoms with Crippen molar-refractivity contribution in [1.82, 2.24) is 4.98 Å². The Labute approximate surface area is 116 Å². The Hall–Kier alpha value is -1.68. The van der Waals surface area contributed by atoms with E-state index in [2.05, 4.69) is 4.98 Å². The van der Waals surface area contributed by atoms with Crippen molar-refractivity contribution in [3.8, 4) is 5.75 Å². The highest BCUT2D eigenvalue weighted by atomic mass is 35.5. The van der Waals surface area contributed by atoms with E-state index in [-0.39, 0.29) is 12.3 Å². The first kappa shape index (κ1) is 13.7. The van der Waals surface area contributed by atoms with Crippen LogP contribution in [0.5, 0.6) is 5.75 Å². The molecule has 1 aromatic heterocycles. The number of carboxylic acid groups (broad SMARTS) is 1. The van der Waals surface area contributed by atoms with Gasteiger partial charge in [-0.15, -0.1) is 0 Å². The molecule has 0 amide bonds. The number of methoxy groups -OCH3 is 1. The maximum absolute atomic E-state index is 10.9. The number of ether oxygens (including phenoxy) is 1. The van der Waals surface area contributed by atoms with E-state index in [1.54, 1.807) is 13.2 Å². The van der Waals surface area contributed by atoms with E-state index in [4.69, 9.17) is 21.4 Å². The Morgan fingerprint density at radius 2 is 2.26 bits per heavy atom. The first-order valence-corrected chi connectivity index (χ1v) is 6.50. The van der Waals surface area contributed by atoms with Gasteiger partial charge in [-0.25, -0.2) is 0 Å². The molecule has 1 aromatic carbocycles. The van der Waals surface area contributed by atoms with Crippen LogP contribution in [0.1, 0.15) is 31.2 Å². The van der Waals surface area contributed by atoms with E-state index in [0.29, 0.717) is 10.8 Å². The minimum Gasteiger partial charge on any atom is -0.495 e. The van der Waals surface area contributed by atoms with Gasteiger partial charge in [0.15, 0.2) is 0 Å². The number of halogens is 1. The van der Waals surface area contributed by atoms with Crippen LogP contribution in [-0.4, -0.2) is 23.2 Å². The second-order valence-electron chi connectivity index (χ2n) is 4.48. The average molecular weight is 282 g/mol. The number of rotatable bonds is 5. The van der Waals surface area contributed by atoms with Gasteiger partial charge in [0.2, 0.25) is 0 Å². The predicted molar refractivity (Wildman–Crippen MR) is 75.1 cm³/mol. The summed E-state index contributed by atoms with van der Waals surface area (Å²) in [6, 6.07) is 3.65. The van der Waals surface area contributed by atoms with Gasteiger partial charge in [-0.1, -0.05) is 18.5 Å². The molecule has 2 N–H and O–H groups in total. The molecule has 0 aliphatic rings. The quantitative estimate of drug-likeness (QED) is 0.876. The van der Waals surface area contributed by atoms with Crippen molar-refractivity contribution in [2.45, 2.75) is 25.7 Å². The van der Waals surface area contributed by atoms with E-state index in [1.807, 2.05) is 19.2 Å². The summed E-state index contributed by atoms with van der Waals surface area (Å²) in [5.41, 5.74) is 1.89. The number of hydrogen-bond donors (Lipinski definition) is 2. The van der Waals surface area contributed by atoms with Crippen molar-refractivity contribution in [2.24, 2.45) is 0 Å². The zero-order valence-electron chi connectivity index (χ0n) is 10.9. The normalized spacial score (nSPS) is 12.6. The molecule has 102 valence electrons. The number of carboxylic acids is 1. The standard InChI is InChI=1S/C14H16ClNO3/c1-3-8(4-14(17)18)10-7-16-12-6-11(15)13(19-2)5-9(10)12/h5-8,16H,3-4H2,1-2H3,(H,17,18). The monoisotopic (exact) mass is 281 g/mol. The highest BCUT2D eigenvalue weighted by Crippen LogP contribution is 2.35. The summed E-state index contributed by atoms with van der Waals surface area (Å²) in [4.78, 5) is 14.1. The first-order chi connectivity index (χ1) is 9.06. The third-order valence-corrected chi connectivity index (χ3v) is 3.64. The fourth-order valence-electron chi connectivity index (χ4n) is 2.32. The number of H-pyrrole nitrogens is 1. The molecule has 1 unspecified atom stereocenters. The molecule has 0 aliphatic carbocycles. The summed E-state index contributed by atoms with van der Waals surface area (Å²) in [7, 11) is 1.56. The van der Waals surface area contributed by atoms with Crippen molar-refractivity contribution in [3.63, 3.8) is 0 Å². The third kappa shape index (κ3) is 2.68. The summed E-state index contributed by atoms with van der Waals surface area (Å²) in [6.07, 6.45) is 2.75. The first-order valence-electron chi connectivity index (χ1n) is 6.13. The van der Waals surface area contributed by atoms with Gasteiger partial charge < -0.3 is 14.8 Å². The number of aromatic amines is 1. The van der Waals surface area contributed by atoms with Crippen molar-refractivity contribution >= 4 is 28.5 Å². The molecule has 0 saturated carbocycles. The van der Waals surface area contributed by atoms with E-state index in [1.165, 1.54) is 0 Å². The van der Waals surface area contributed by atoms with Gasteiger partial charge in [-0.2, -0.15) is 0 Å². The Kier molecular flexibility index (Phi) is 4.00. The Morgan fingerprint density at radius 3 is 2.84 bits per heavy atom. The van der Waals surface area contributed by atoms with E-state index in [9.17, 15) is 4.79 Å². The van der Waals surface area contributed by atoms with Crippen LogP contribution in [0.3, 0.4) is 0 Å². The van der Waals surface area contributed by atoms with Crippen LogP contribution in [0.15, 0.2) is 18.3 Å². The zero-order valence-corrected chi connectivity index (χ0v) is 11.6. The minimum atomic E-state index is -0.790. The van der Waals surface area contributed by atoms with Crippen molar-refractivity contribution in [2.75, 3.05) is 7.11 Å². The molecule has 1 atom stereocenters. The van der Waals surface area contributed by atoms with Crippen LogP contribution in [0.4, 0.5) is 0 Å². The molecule has 0 spiro atoms. The van der Waals surface area contributed by atoms with Crippen LogP contribution in [0.2, 0.25) is 5.02 Å². The van der Waals surface area contributed by atoms with Crippen LogP contribution in [0, 0.1) is 0 Å². The molecule has 4 nitrogen and oxygen atoms in total. The molecule has 0 bridgehead atoms. The Bertz CT molecular complexity index is 606. The molecule has 19 heavy (non-hydrogen) atoms. The van der Waals surface area contributed by atoms with Gasteiger partial charge in [0.25, 0.3) is 0 Å².